The number of rotatable bonds is 6. The topological polar surface area (TPSA) is 30.5 Å². The van der Waals surface area contributed by atoms with Crippen molar-refractivity contribution in [2.75, 3.05) is 19.8 Å². The first-order valence-corrected chi connectivity index (χ1v) is 7.52. The zero-order chi connectivity index (χ0) is 13.4. The van der Waals surface area contributed by atoms with Gasteiger partial charge in [-0.25, -0.2) is 0 Å². The van der Waals surface area contributed by atoms with E-state index in [2.05, 4.69) is 33.0 Å². The third-order valence-electron chi connectivity index (χ3n) is 3.37. The molecule has 0 aromatic rings. The van der Waals surface area contributed by atoms with Gasteiger partial charge in [0.05, 0.1) is 24.9 Å². The Bertz CT molecular complexity index is 213. The van der Waals surface area contributed by atoms with Gasteiger partial charge in [0.2, 0.25) is 0 Å². The maximum Gasteiger partial charge on any atom is 0.0729 e. The molecule has 2 unspecified atom stereocenters. The summed E-state index contributed by atoms with van der Waals surface area (Å²) in [5, 5.41) is 3.57. The summed E-state index contributed by atoms with van der Waals surface area (Å²) in [6.45, 7) is 10.9. The number of ether oxygens (including phenoxy) is 2. The SMILES string of the molecule is CCNC1CCCCCC1OCCOC(C)(C)C. The molecule has 3 heteroatoms. The largest absolute Gasteiger partial charge is 0.374 e. The van der Waals surface area contributed by atoms with Crippen LogP contribution in [0.15, 0.2) is 0 Å². The van der Waals surface area contributed by atoms with Crippen molar-refractivity contribution in [2.45, 2.75) is 77.5 Å². The van der Waals surface area contributed by atoms with Crippen LogP contribution < -0.4 is 5.32 Å². The summed E-state index contributed by atoms with van der Waals surface area (Å²) in [6, 6.07) is 0.534. The molecule has 0 heterocycles. The van der Waals surface area contributed by atoms with Gasteiger partial charge in [-0.15, -0.1) is 0 Å². The fourth-order valence-corrected chi connectivity index (χ4v) is 2.52. The average Bonchev–Trinajstić information content (AvgIpc) is 2.50. The van der Waals surface area contributed by atoms with Crippen molar-refractivity contribution in [1.82, 2.24) is 5.32 Å². The third-order valence-corrected chi connectivity index (χ3v) is 3.37. The molecule has 3 nitrogen and oxygen atoms in total. The Hall–Kier alpha value is -0.120. The van der Waals surface area contributed by atoms with Crippen LogP contribution in [0.1, 0.15) is 59.8 Å². The zero-order valence-electron chi connectivity index (χ0n) is 12.6. The quantitative estimate of drug-likeness (QED) is 0.586. The van der Waals surface area contributed by atoms with Crippen LogP contribution in [0.3, 0.4) is 0 Å². The number of nitrogens with one attached hydrogen (secondary N) is 1. The fourth-order valence-electron chi connectivity index (χ4n) is 2.52. The molecule has 1 aliphatic rings. The van der Waals surface area contributed by atoms with Gasteiger partial charge in [-0.3, -0.25) is 0 Å². The first-order valence-electron chi connectivity index (χ1n) is 7.52. The van der Waals surface area contributed by atoms with Crippen molar-refractivity contribution in [3.05, 3.63) is 0 Å². The summed E-state index contributed by atoms with van der Waals surface area (Å²) in [5.74, 6) is 0. The summed E-state index contributed by atoms with van der Waals surface area (Å²) >= 11 is 0. The Morgan fingerprint density at radius 3 is 2.44 bits per heavy atom. The molecular weight excluding hydrogens is 226 g/mol. The first kappa shape index (κ1) is 15.9. The molecular formula is C15H31NO2. The molecule has 0 aromatic heterocycles. The van der Waals surface area contributed by atoms with Crippen LogP contribution in [-0.2, 0) is 9.47 Å². The van der Waals surface area contributed by atoms with Crippen molar-refractivity contribution in [3.8, 4) is 0 Å². The molecule has 0 aliphatic heterocycles. The molecule has 1 aliphatic carbocycles. The number of hydrogen-bond acceptors (Lipinski definition) is 3. The van der Waals surface area contributed by atoms with Gasteiger partial charge in [-0.1, -0.05) is 26.2 Å². The Morgan fingerprint density at radius 2 is 1.78 bits per heavy atom. The van der Waals surface area contributed by atoms with Gasteiger partial charge in [-0.2, -0.15) is 0 Å². The van der Waals surface area contributed by atoms with Gasteiger partial charge >= 0.3 is 0 Å². The molecule has 0 spiro atoms. The normalized spacial score (nSPS) is 26.0. The highest BCUT2D eigenvalue weighted by Crippen LogP contribution is 2.20. The van der Waals surface area contributed by atoms with E-state index >= 15 is 0 Å². The highest BCUT2D eigenvalue weighted by atomic mass is 16.5. The standard InChI is InChI=1S/C15H31NO2/c1-5-16-13-9-7-6-8-10-14(13)17-11-12-18-15(2,3)4/h13-14,16H,5-12H2,1-4H3. The van der Waals surface area contributed by atoms with Crippen LogP contribution in [0.25, 0.3) is 0 Å². The molecule has 0 bridgehead atoms. The van der Waals surface area contributed by atoms with E-state index in [0.29, 0.717) is 25.4 Å². The highest BCUT2D eigenvalue weighted by molar-refractivity contribution is 4.80. The van der Waals surface area contributed by atoms with Crippen LogP contribution in [0.4, 0.5) is 0 Å². The average molecular weight is 257 g/mol. The van der Waals surface area contributed by atoms with Crippen molar-refractivity contribution >= 4 is 0 Å². The Kier molecular flexibility index (Phi) is 7.20. The van der Waals surface area contributed by atoms with E-state index in [1.54, 1.807) is 0 Å². The molecule has 1 fully saturated rings. The predicted molar refractivity (Wildman–Crippen MR) is 76.0 cm³/mol. The predicted octanol–water partition coefficient (Wildman–Crippen LogP) is 3.13. The molecule has 0 radical (unpaired) electrons. The van der Waals surface area contributed by atoms with E-state index in [4.69, 9.17) is 9.47 Å². The Balaban J connectivity index is 2.27. The number of likely N-dealkylation sites (N-methyl/N-ethyl adjacent to an activating group) is 1. The lowest BCUT2D eigenvalue weighted by atomic mass is 10.1. The molecule has 18 heavy (non-hydrogen) atoms. The first-order chi connectivity index (χ1) is 8.53. The van der Waals surface area contributed by atoms with Crippen LogP contribution in [-0.4, -0.2) is 37.5 Å². The van der Waals surface area contributed by atoms with Crippen LogP contribution in [0.2, 0.25) is 0 Å². The maximum absolute atomic E-state index is 6.04. The van der Waals surface area contributed by atoms with Crippen LogP contribution in [0, 0.1) is 0 Å². The van der Waals surface area contributed by atoms with Gasteiger partial charge in [0.25, 0.3) is 0 Å². The molecule has 1 saturated carbocycles. The van der Waals surface area contributed by atoms with Gasteiger partial charge in [-0.05, 0) is 40.2 Å². The lowest BCUT2D eigenvalue weighted by molar-refractivity contribution is -0.0593. The molecule has 0 aromatic carbocycles. The molecule has 2 atom stereocenters. The second-order valence-electron chi connectivity index (χ2n) is 6.17. The maximum atomic E-state index is 6.04. The van der Waals surface area contributed by atoms with E-state index in [-0.39, 0.29) is 5.60 Å². The fraction of sp³-hybridized carbons (Fsp3) is 1.00. The minimum Gasteiger partial charge on any atom is -0.374 e. The lowest BCUT2D eigenvalue weighted by Gasteiger charge is -2.27. The van der Waals surface area contributed by atoms with E-state index in [1.165, 1.54) is 32.1 Å². The molecule has 1 N–H and O–H groups in total. The van der Waals surface area contributed by atoms with Crippen molar-refractivity contribution < 1.29 is 9.47 Å². The third kappa shape index (κ3) is 6.72. The minimum absolute atomic E-state index is 0.0616. The molecule has 108 valence electrons. The summed E-state index contributed by atoms with van der Waals surface area (Å²) in [5.41, 5.74) is -0.0616. The number of hydrogen-bond donors (Lipinski definition) is 1. The second-order valence-corrected chi connectivity index (χ2v) is 6.17. The molecule has 0 saturated heterocycles. The lowest BCUT2D eigenvalue weighted by Crippen LogP contribution is -2.41. The van der Waals surface area contributed by atoms with Crippen molar-refractivity contribution in [3.63, 3.8) is 0 Å². The van der Waals surface area contributed by atoms with E-state index < -0.39 is 0 Å². The summed E-state index contributed by atoms with van der Waals surface area (Å²) in [6.07, 6.45) is 6.78. The van der Waals surface area contributed by atoms with Crippen molar-refractivity contribution in [1.29, 1.82) is 0 Å². The Labute approximate surface area is 113 Å². The van der Waals surface area contributed by atoms with Gasteiger partial charge in [0.1, 0.15) is 0 Å². The molecule has 0 amide bonds. The van der Waals surface area contributed by atoms with E-state index in [0.717, 1.165) is 6.54 Å². The summed E-state index contributed by atoms with van der Waals surface area (Å²) in [7, 11) is 0. The van der Waals surface area contributed by atoms with Gasteiger partial charge in [0, 0.05) is 6.04 Å². The highest BCUT2D eigenvalue weighted by Gasteiger charge is 2.23. The Morgan fingerprint density at radius 1 is 1.06 bits per heavy atom. The van der Waals surface area contributed by atoms with Gasteiger partial charge in [0.15, 0.2) is 0 Å². The summed E-state index contributed by atoms with van der Waals surface area (Å²) < 4.78 is 11.7. The second kappa shape index (κ2) is 8.13. The zero-order valence-corrected chi connectivity index (χ0v) is 12.6. The van der Waals surface area contributed by atoms with E-state index in [1.807, 2.05) is 0 Å². The van der Waals surface area contributed by atoms with Crippen LogP contribution >= 0.6 is 0 Å². The summed E-state index contributed by atoms with van der Waals surface area (Å²) in [4.78, 5) is 0. The van der Waals surface area contributed by atoms with Crippen LogP contribution in [0.5, 0.6) is 0 Å². The monoisotopic (exact) mass is 257 g/mol. The molecule has 1 rings (SSSR count). The van der Waals surface area contributed by atoms with Crippen molar-refractivity contribution in [2.24, 2.45) is 0 Å². The minimum atomic E-state index is -0.0616. The smallest absolute Gasteiger partial charge is 0.0729 e. The van der Waals surface area contributed by atoms with Gasteiger partial charge < -0.3 is 14.8 Å². The van der Waals surface area contributed by atoms with E-state index in [9.17, 15) is 0 Å².